The first-order chi connectivity index (χ1) is 9.63. The third-order valence-corrected chi connectivity index (χ3v) is 5.53. The lowest BCUT2D eigenvalue weighted by Gasteiger charge is -2.47. The van der Waals surface area contributed by atoms with Crippen LogP contribution in [0.15, 0.2) is 16.3 Å². The molecule has 1 aliphatic carbocycles. The molecule has 20 heavy (non-hydrogen) atoms. The van der Waals surface area contributed by atoms with Gasteiger partial charge in [-0.15, -0.1) is 23.4 Å². The molecule has 2 fully saturated rings. The molecule has 0 aromatic carbocycles. The Labute approximate surface area is 126 Å². The van der Waals surface area contributed by atoms with Crippen LogP contribution in [0.5, 0.6) is 0 Å². The van der Waals surface area contributed by atoms with Gasteiger partial charge in [-0.05, 0) is 31.3 Å². The van der Waals surface area contributed by atoms with Crippen molar-refractivity contribution in [1.29, 1.82) is 0 Å². The van der Waals surface area contributed by atoms with Gasteiger partial charge in [-0.1, -0.05) is 0 Å². The summed E-state index contributed by atoms with van der Waals surface area (Å²) in [4.78, 5) is 29.5. The fourth-order valence-corrected chi connectivity index (χ4v) is 4.52. The number of nitrogens with zero attached hydrogens (tertiary/aromatic N) is 2. The number of β-lactam (4-membered cyclic amide) rings is 1. The Kier molecular flexibility index (Phi) is 3.77. The van der Waals surface area contributed by atoms with Crippen LogP contribution < -0.4 is 0 Å². The Morgan fingerprint density at radius 1 is 1.45 bits per heavy atom. The number of carbonyl (C=O) groups excluding carboxylic acids is 1. The molecule has 1 N–H and O–H groups in total. The fourth-order valence-electron chi connectivity index (χ4n) is 2.86. The Morgan fingerprint density at radius 3 is 2.75 bits per heavy atom. The van der Waals surface area contributed by atoms with Gasteiger partial charge >= 0.3 is 5.97 Å². The lowest BCUT2D eigenvalue weighted by Crippen LogP contribution is -2.64. The number of halogens is 1. The molecule has 2 atom stereocenters. The van der Waals surface area contributed by atoms with E-state index in [4.69, 9.17) is 11.6 Å². The van der Waals surface area contributed by atoms with E-state index in [1.165, 1.54) is 4.90 Å². The minimum absolute atomic E-state index is 0.0663. The van der Waals surface area contributed by atoms with Crippen LogP contribution in [0.4, 0.5) is 0 Å². The van der Waals surface area contributed by atoms with Crippen LogP contribution in [0.3, 0.4) is 0 Å². The zero-order valence-electron chi connectivity index (χ0n) is 10.8. The van der Waals surface area contributed by atoms with Gasteiger partial charge in [0.15, 0.2) is 6.04 Å². The highest BCUT2D eigenvalue weighted by Gasteiger charge is 2.53. The number of fused-ring (bicyclic) bond motifs is 1. The maximum absolute atomic E-state index is 12.2. The molecule has 7 heteroatoms. The molecular weight excluding hydrogens is 300 g/mol. The molecule has 0 aromatic heterocycles. The molecule has 0 radical (unpaired) electrons. The van der Waals surface area contributed by atoms with Crippen LogP contribution in [0.1, 0.15) is 25.7 Å². The van der Waals surface area contributed by atoms with Gasteiger partial charge in [-0.3, -0.25) is 14.7 Å². The average molecular weight is 315 g/mol. The number of amides is 1. The molecular formula is C13H15ClN2O3S. The van der Waals surface area contributed by atoms with E-state index in [1.807, 2.05) is 0 Å². The topological polar surface area (TPSA) is 70.0 Å². The number of aliphatic imine (C=N–C) groups is 1. The van der Waals surface area contributed by atoms with Gasteiger partial charge in [0, 0.05) is 17.3 Å². The summed E-state index contributed by atoms with van der Waals surface area (Å²) in [6.07, 6.45) is 4.21. The molecule has 0 spiro atoms. The van der Waals surface area contributed by atoms with Crippen LogP contribution in [-0.4, -0.2) is 50.6 Å². The molecule has 1 saturated heterocycles. The van der Waals surface area contributed by atoms with Crippen molar-refractivity contribution in [3.63, 3.8) is 0 Å². The Balaban J connectivity index is 1.85. The average Bonchev–Trinajstić information content (AvgIpc) is 2.95. The van der Waals surface area contributed by atoms with Gasteiger partial charge in [-0.25, -0.2) is 4.79 Å². The number of thioether (sulfide) groups is 1. The molecule has 5 nitrogen and oxygen atoms in total. The normalized spacial score (nSPS) is 29.4. The van der Waals surface area contributed by atoms with Gasteiger partial charge in [0.1, 0.15) is 11.1 Å². The van der Waals surface area contributed by atoms with E-state index in [1.54, 1.807) is 11.8 Å². The second kappa shape index (κ2) is 5.41. The van der Waals surface area contributed by atoms with E-state index >= 15 is 0 Å². The minimum atomic E-state index is -1.08. The van der Waals surface area contributed by atoms with E-state index < -0.39 is 12.0 Å². The second-order valence-electron chi connectivity index (χ2n) is 5.15. The summed E-state index contributed by atoms with van der Waals surface area (Å²) in [5.41, 5.74) is 1.78. The van der Waals surface area contributed by atoms with Crippen molar-refractivity contribution in [1.82, 2.24) is 4.90 Å². The number of hydrogen-bond acceptors (Lipinski definition) is 4. The lowest BCUT2D eigenvalue weighted by atomic mass is 10.0. The maximum atomic E-state index is 12.2. The molecule has 0 aromatic rings. The van der Waals surface area contributed by atoms with Crippen LogP contribution in [0, 0.1) is 0 Å². The van der Waals surface area contributed by atoms with Crippen molar-refractivity contribution in [2.24, 2.45) is 4.99 Å². The number of aliphatic carboxylic acids is 1. The summed E-state index contributed by atoms with van der Waals surface area (Å²) in [5.74, 6) is -0.585. The Hall–Kier alpha value is -1.01. The summed E-state index contributed by atoms with van der Waals surface area (Å²) >= 11 is 7.33. The van der Waals surface area contributed by atoms with Gasteiger partial charge in [-0.2, -0.15) is 0 Å². The number of alkyl halides is 1. The van der Waals surface area contributed by atoms with Crippen LogP contribution in [0.2, 0.25) is 0 Å². The minimum Gasteiger partial charge on any atom is -0.477 e. The van der Waals surface area contributed by atoms with Crippen LogP contribution >= 0.6 is 23.4 Å². The van der Waals surface area contributed by atoms with E-state index in [0.717, 1.165) is 31.4 Å². The molecule has 2 aliphatic heterocycles. The van der Waals surface area contributed by atoms with Crippen LogP contribution in [-0.2, 0) is 9.59 Å². The first kappa shape index (κ1) is 13.9. The zero-order chi connectivity index (χ0) is 14.3. The second-order valence-corrected chi connectivity index (χ2v) is 6.52. The largest absolute Gasteiger partial charge is 0.477 e. The third kappa shape index (κ3) is 2.15. The van der Waals surface area contributed by atoms with E-state index in [9.17, 15) is 14.7 Å². The van der Waals surface area contributed by atoms with E-state index in [-0.39, 0.29) is 22.9 Å². The monoisotopic (exact) mass is 314 g/mol. The Morgan fingerprint density at radius 2 is 2.15 bits per heavy atom. The highest BCUT2D eigenvalue weighted by Crippen LogP contribution is 2.42. The fraction of sp³-hybridized carbons (Fsp3) is 0.615. The molecule has 3 aliphatic rings. The number of carboxylic acids is 1. The van der Waals surface area contributed by atoms with E-state index in [2.05, 4.69) is 4.99 Å². The van der Waals surface area contributed by atoms with Crippen molar-refractivity contribution in [3.8, 4) is 0 Å². The summed E-state index contributed by atoms with van der Waals surface area (Å²) in [5, 5.41) is 9.12. The number of carbonyl (C=O) groups is 2. The highest BCUT2D eigenvalue weighted by molar-refractivity contribution is 8.00. The molecule has 1 amide bonds. The van der Waals surface area contributed by atoms with Gasteiger partial charge in [0.05, 0.1) is 0 Å². The van der Waals surface area contributed by atoms with Crippen molar-refractivity contribution < 1.29 is 14.7 Å². The number of rotatable bonds is 3. The van der Waals surface area contributed by atoms with Crippen molar-refractivity contribution in [3.05, 3.63) is 11.3 Å². The van der Waals surface area contributed by atoms with Crippen molar-refractivity contribution in [2.45, 2.75) is 37.1 Å². The molecule has 1 saturated carbocycles. The smallest absolute Gasteiger partial charge is 0.352 e. The predicted molar refractivity (Wildman–Crippen MR) is 78.2 cm³/mol. The first-order valence-electron chi connectivity index (χ1n) is 6.65. The molecule has 2 heterocycles. The summed E-state index contributed by atoms with van der Waals surface area (Å²) in [6.45, 7) is 0. The van der Waals surface area contributed by atoms with Crippen LogP contribution in [0.25, 0.3) is 0 Å². The van der Waals surface area contributed by atoms with Crippen molar-refractivity contribution in [2.75, 3.05) is 11.6 Å². The number of carboxylic acid groups (broad SMARTS) is 1. The summed E-state index contributed by atoms with van der Waals surface area (Å²) < 4.78 is 0. The highest BCUT2D eigenvalue weighted by atomic mass is 35.5. The summed E-state index contributed by atoms with van der Waals surface area (Å²) in [7, 11) is 0. The third-order valence-electron chi connectivity index (χ3n) is 3.89. The van der Waals surface area contributed by atoms with Gasteiger partial charge in [0.2, 0.25) is 0 Å². The summed E-state index contributed by atoms with van der Waals surface area (Å²) in [6, 6.07) is -0.403. The van der Waals surface area contributed by atoms with E-state index in [0.29, 0.717) is 11.3 Å². The molecule has 0 bridgehead atoms. The standard InChI is InChI=1S/C13H15ClN2O3S/c14-5-7-6-20-12-9(15-8-3-1-2-4-8)11(17)16(12)10(7)13(18)19/h9,12H,1-6H2,(H,18,19)/t9-,12-/m1/s1. The quantitative estimate of drug-likeness (QED) is 0.637. The van der Waals surface area contributed by atoms with Gasteiger partial charge < -0.3 is 5.11 Å². The zero-order valence-corrected chi connectivity index (χ0v) is 12.4. The predicted octanol–water partition coefficient (Wildman–Crippen LogP) is 1.86. The SMILES string of the molecule is O=C(O)C1=C(CCl)CS[C@@H]2[C@H](N=C3CCCC3)C(=O)N12. The molecule has 3 rings (SSSR count). The maximum Gasteiger partial charge on any atom is 0.352 e. The van der Waals surface area contributed by atoms with Crippen molar-refractivity contribution >= 4 is 41.0 Å². The molecule has 108 valence electrons. The van der Waals surface area contributed by atoms with Gasteiger partial charge in [0.25, 0.3) is 5.91 Å². The molecule has 0 unspecified atom stereocenters. The first-order valence-corrected chi connectivity index (χ1v) is 8.23. The number of hydrogen-bond donors (Lipinski definition) is 1. The Bertz CT molecular complexity index is 524. The lowest BCUT2D eigenvalue weighted by molar-refractivity contribution is -0.147.